The number of benzene rings is 8. The van der Waals surface area contributed by atoms with Crippen molar-refractivity contribution in [2.45, 2.75) is 0 Å². The maximum atomic E-state index is 6.67. The van der Waals surface area contributed by atoms with E-state index < -0.39 is 0 Å². The fourth-order valence-corrected chi connectivity index (χ4v) is 9.27. The number of fused-ring (bicyclic) bond motifs is 11. The predicted molar refractivity (Wildman–Crippen MR) is 244 cm³/mol. The molecule has 13 rings (SSSR count). The Hall–Kier alpha value is -7.53. The van der Waals surface area contributed by atoms with E-state index in [1.54, 1.807) is 0 Å². The SMILES string of the molecule is [Pt+2].[c-]1c(-c2cccc3c2nc(-c2cccc4c2[n-]c2ccccc24)n3-c2ccccc2)ccc2c3c4oc5ccccc5c4ccc3n(-c3cc(-c4ccccc4)ccn3)c12. The van der Waals surface area contributed by atoms with Gasteiger partial charge in [0.2, 0.25) is 0 Å². The topological polar surface area (TPSA) is 62.9 Å². The summed E-state index contributed by atoms with van der Waals surface area (Å²) >= 11 is 0. The maximum absolute atomic E-state index is 6.67. The van der Waals surface area contributed by atoms with E-state index in [2.05, 4.69) is 167 Å². The van der Waals surface area contributed by atoms with Crippen LogP contribution < -0.4 is 4.98 Å². The zero-order valence-corrected chi connectivity index (χ0v) is 34.6. The van der Waals surface area contributed by atoms with Crippen LogP contribution in [0.2, 0.25) is 0 Å². The van der Waals surface area contributed by atoms with Crippen LogP contribution in [-0.4, -0.2) is 19.1 Å². The third kappa shape index (κ3) is 5.32. The molecule has 0 saturated heterocycles. The molecular weight excluding hydrogens is 930 g/mol. The molecule has 5 aromatic heterocycles. The molecule has 0 spiro atoms. The Kier molecular flexibility index (Phi) is 7.99. The van der Waals surface area contributed by atoms with Crippen LogP contribution in [0.4, 0.5) is 0 Å². The second-order valence-corrected chi connectivity index (χ2v) is 15.3. The number of para-hydroxylation sites is 5. The Bertz CT molecular complexity index is 3840. The summed E-state index contributed by atoms with van der Waals surface area (Å²) in [4.78, 5) is 15.7. The Balaban J connectivity index is 0.00000399. The van der Waals surface area contributed by atoms with Gasteiger partial charge in [0, 0.05) is 39.1 Å². The quantitative estimate of drug-likeness (QED) is 0.161. The van der Waals surface area contributed by atoms with Crippen molar-refractivity contribution in [3.05, 3.63) is 194 Å². The van der Waals surface area contributed by atoms with Crippen LogP contribution in [0.1, 0.15) is 0 Å². The zero-order chi connectivity index (χ0) is 39.3. The van der Waals surface area contributed by atoms with Crippen LogP contribution in [0, 0.1) is 6.07 Å². The summed E-state index contributed by atoms with van der Waals surface area (Å²) in [5, 5.41) is 6.50. The van der Waals surface area contributed by atoms with E-state index in [4.69, 9.17) is 19.4 Å². The molecule has 0 unspecified atom stereocenters. The number of pyridine rings is 1. The third-order valence-corrected chi connectivity index (χ3v) is 12.0. The maximum Gasteiger partial charge on any atom is 2.00 e. The number of imidazole rings is 1. The molecule has 0 radical (unpaired) electrons. The first-order chi connectivity index (χ1) is 29.8. The van der Waals surface area contributed by atoms with Gasteiger partial charge in [-0.25, -0.2) is 9.97 Å². The molecule has 0 aliphatic heterocycles. The number of hydrogen-bond acceptors (Lipinski definition) is 3. The van der Waals surface area contributed by atoms with Gasteiger partial charge in [0.15, 0.2) is 0 Å². The number of rotatable bonds is 5. The number of nitrogens with zero attached hydrogens (tertiary/aromatic N) is 5. The van der Waals surface area contributed by atoms with Gasteiger partial charge < -0.3 is 14.0 Å². The molecule has 0 N–H and O–H groups in total. The Labute approximate surface area is 363 Å². The van der Waals surface area contributed by atoms with E-state index in [9.17, 15) is 0 Å². The van der Waals surface area contributed by atoms with Crippen LogP contribution in [0.3, 0.4) is 0 Å². The van der Waals surface area contributed by atoms with Crippen LogP contribution in [0.5, 0.6) is 0 Å². The minimum Gasteiger partial charge on any atom is -0.656 e. The van der Waals surface area contributed by atoms with Crippen LogP contribution in [0.25, 0.3) is 122 Å². The summed E-state index contributed by atoms with van der Waals surface area (Å²) in [6.45, 7) is 0. The molecule has 0 fully saturated rings. The van der Waals surface area contributed by atoms with Gasteiger partial charge in [-0.1, -0.05) is 132 Å². The fraction of sp³-hybridized carbons (Fsp3) is 0. The third-order valence-electron chi connectivity index (χ3n) is 12.0. The first-order valence-electron chi connectivity index (χ1n) is 20.1. The van der Waals surface area contributed by atoms with Crippen molar-refractivity contribution in [1.82, 2.24) is 24.1 Å². The first-order valence-corrected chi connectivity index (χ1v) is 20.1. The van der Waals surface area contributed by atoms with E-state index in [0.29, 0.717) is 0 Å². The summed E-state index contributed by atoms with van der Waals surface area (Å²) in [5.74, 6) is 1.64. The molecule has 0 atom stereocenters. The van der Waals surface area contributed by atoms with Crippen molar-refractivity contribution in [2.24, 2.45) is 0 Å². The second-order valence-electron chi connectivity index (χ2n) is 15.3. The normalized spacial score (nSPS) is 11.8. The minimum atomic E-state index is 0. The molecule has 0 bridgehead atoms. The number of hydrogen-bond donors (Lipinski definition) is 0. The smallest absolute Gasteiger partial charge is 0.656 e. The average molecular weight is 961 g/mol. The minimum absolute atomic E-state index is 0. The fourth-order valence-electron chi connectivity index (χ4n) is 9.27. The molecule has 5 heterocycles. The molecule has 0 aliphatic rings. The van der Waals surface area contributed by atoms with Gasteiger partial charge in [0.05, 0.1) is 11.0 Å². The predicted octanol–water partition coefficient (Wildman–Crippen LogP) is 13.5. The molecule has 0 saturated carbocycles. The largest absolute Gasteiger partial charge is 2.00 e. The molecule has 13 aromatic rings. The van der Waals surface area contributed by atoms with Gasteiger partial charge in [-0.15, -0.1) is 34.8 Å². The van der Waals surface area contributed by atoms with E-state index in [1.165, 1.54) is 0 Å². The van der Waals surface area contributed by atoms with Gasteiger partial charge in [-0.05, 0) is 75.9 Å². The monoisotopic (exact) mass is 960 g/mol. The number of furan rings is 1. The van der Waals surface area contributed by atoms with E-state index in [0.717, 1.165) is 122 Å². The van der Waals surface area contributed by atoms with E-state index in [-0.39, 0.29) is 21.1 Å². The van der Waals surface area contributed by atoms with Crippen molar-refractivity contribution < 1.29 is 25.5 Å². The molecule has 288 valence electrons. The van der Waals surface area contributed by atoms with Crippen molar-refractivity contribution in [2.75, 3.05) is 0 Å². The number of aromatic nitrogens is 5. The van der Waals surface area contributed by atoms with Gasteiger partial charge >= 0.3 is 21.1 Å². The van der Waals surface area contributed by atoms with Gasteiger partial charge in [0.1, 0.15) is 22.8 Å². The molecule has 0 amide bonds. The van der Waals surface area contributed by atoms with Crippen LogP contribution in [-0.2, 0) is 21.1 Å². The van der Waals surface area contributed by atoms with Gasteiger partial charge in [-0.3, -0.25) is 4.57 Å². The first kappa shape index (κ1) is 35.4. The van der Waals surface area contributed by atoms with Crippen molar-refractivity contribution in [3.8, 4) is 45.1 Å². The molecule has 7 heteroatoms. The van der Waals surface area contributed by atoms with Crippen LogP contribution >= 0.6 is 0 Å². The summed E-state index contributed by atoms with van der Waals surface area (Å²) in [6, 6.07) is 67.2. The van der Waals surface area contributed by atoms with Gasteiger partial charge in [0.25, 0.3) is 0 Å². The zero-order valence-electron chi connectivity index (χ0n) is 32.4. The van der Waals surface area contributed by atoms with Gasteiger partial charge in [-0.2, -0.15) is 0 Å². The molecule has 61 heavy (non-hydrogen) atoms. The summed E-state index contributed by atoms with van der Waals surface area (Å²) in [6.07, 6.45) is 1.89. The average Bonchev–Trinajstić information content (AvgIpc) is 4.08. The molecular formula is C54H31N5OPt. The Morgan fingerprint density at radius 1 is 0.541 bits per heavy atom. The van der Waals surface area contributed by atoms with E-state index in [1.807, 2.05) is 36.5 Å². The Morgan fingerprint density at radius 2 is 1.28 bits per heavy atom. The molecule has 6 nitrogen and oxygen atoms in total. The summed E-state index contributed by atoms with van der Waals surface area (Å²) in [7, 11) is 0. The van der Waals surface area contributed by atoms with Crippen molar-refractivity contribution in [3.63, 3.8) is 0 Å². The van der Waals surface area contributed by atoms with Crippen molar-refractivity contribution >= 4 is 76.6 Å². The summed E-state index contributed by atoms with van der Waals surface area (Å²) in [5.41, 5.74) is 13.5. The molecule has 0 aliphatic carbocycles. The van der Waals surface area contributed by atoms with Crippen molar-refractivity contribution in [1.29, 1.82) is 0 Å². The van der Waals surface area contributed by atoms with Crippen LogP contribution in [0.15, 0.2) is 193 Å². The second kappa shape index (κ2) is 13.8. The molecule has 8 aromatic carbocycles. The van der Waals surface area contributed by atoms with E-state index >= 15 is 0 Å². The summed E-state index contributed by atoms with van der Waals surface area (Å²) < 4.78 is 11.2. The Morgan fingerprint density at radius 3 is 2.16 bits per heavy atom. The standard InChI is InChI=1S/C54H31N5O.Pt/c1-3-13-33(14-4-1)34-29-30-55-49(32-34)59-45-28-27-41-39-18-8-10-24-48(39)60-53(41)50(45)42-26-25-35(31-47(42)59)37-19-12-23-46-52(37)57-54(58(46)36-15-5-2-6-16-36)43-21-11-20-40-38-17-7-9-22-44(38)56-51(40)43;/h1-30,32H;/q-2;+2.